The summed E-state index contributed by atoms with van der Waals surface area (Å²) in [7, 11) is 0. The third kappa shape index (κ3) is 15.4. The Labute approximate surface area is 209 Å². The van der Waals surface area contributed by atoms with Crippen LogP contribution in [0.2, 0.25) is 0 Å². The molecule has 0 fully saturated rings. The van der Waals surface area contributed by atoms with E-state index in [0.717, 1.165) is 19.3 Å². The Morgan fingerprint density at radius 1 is 0.800 bits per heavy atom. The van der Waals surface area contributed by atoms with Crippen molar-refractivity contribution in [2.24, 2.45) is 0 Å². The Kier molecular flexibility index (Phi) is 19.5. The summed E-state index contributed by atoms with van der Waals surface area (Å²) in [6.07, 6.45) is 20.1. The predicted molar refractivity (Wildman–Crippen MR) is 132 cm³/mol. The molecule has 0 saturated carbocycles. The van der Waals surface area contributed by atoms with Crippen molar-refractivity contribution in [2.75, 3.05) is 0 Å². The molecule has 0 spiro atoms. The van der Waals surface area contributed by atoms with Gasteiger partial charge in [0.15, 0.2) is 0 Å². The van der Waals surface area contributed by atoms with Crippen molar-refractivity contribution in [3.63, 3.8) is 0 Å². The minimum Gasteiger partial charge on any atom is -0.809 e. The zero-order valence-corrected chi connectivity index (χ0v) is 24.8. The third-order valence-corrected chi connectivity index (χ3v) is 6.39. The molecule has 1 rings (SSSR count). The fourth-order valence-corrected chi connectivity index (χ4v) is 4.76. The largest absolute Gasteiger partial charge is 2.00 e. The van der Waals surface area contributed by atoms with Crippen LogP contribution in [0.3, 0.4) is 0 Å². The van der Waals surface area contributed by atoms with E-state index >= 15 is 0 Å². The van der Waals surface area contributed by atoms with Crippen LogP contribution in [0.5, 0.6) is 5.75 Å². The molecule has 1 aromatic carbocycles. The van der Waals surface area contributed by atoms with Crippen LogP contribution in [0.1, 0.15) is 115 Å². The topological polar surface area (TPSA) is 32.3 Å². The van der Waals surface area contributed by atoms with E-state index in [4.69, 9.17) is 28.6 Å². The molecule has 2 nitrogen and oxygen atoms in total. The molecule has 1 atom stereocenters. The molecule has 0 aliphatic carbocycles. The van der Waals surface area contributed by atoms with E-state index in [-0.39, 0.29) is 19.5 Å². The van der Waals surface area contributed by atoms with E-state index in [0.29, 0.717) is 5.75 Å². The monoisotopic (exact) mass is 520 g/mol. The smallest absolute Gasteiger partial charge is 0.809 e. The van der Waals surface area contributed by atoms with Crippen LogP contribution in [-0.4, -0.2) is 0 Å². The maximum Gasteiger partial charge on any atom is 2.00 e. The summed E-state index contributed by atoms with van der Waals surface area (Å²) in [6.45, 7) is 4.51. The zero-order chi connectivity index (χ0) is 21.4. The number of rotatable bonds is 18. The first kappa shape index (κ1) is 30.6. The average Bonchev–Trinajstić information content (AvgIpc) is 2.67. The van der Waals surface area contributed by atoms with Gasteiger partial charge in [-0.3, -0.25) is 0 Å². The molecule has 0 N–H and O–H groups in total. The molecular weight excluding hydrogens is 481 g/mol. The number of hydrogen-bond donors (Lipinski definition) is 0. The van der Waals surface area contributed by atoms with Crippen LogP contribution in [0.15, 0.2) is 18.2 Å². The third-order valence-electron chi connectivity index (χ3n) is 5.52. The van der Waals surface area contributed by atoms with Gasteiger partial charge in [0.2, 0.25) is 0 Å². The van der Waals surface area contributed by atoms with E-state index in [1.807, 2.05) is 12.1 Å². The summed E-state index contributed by atoms with van der Waals surface area (Å²) in [5.74, 6) is 0.657. The number of aryl methyl sites for hydroxylation is 1. The van der Waals surface area contributed by atoms with E-state index in [2.05, 4.69) is 19.9 Å². The van der Waals surface area contributed by atoms with E-state index < -0.39 is 5.69 Å². The minimum atomic E-state index is -3.37. The van der Waals surface area contributed by atoms with Crippen molar-refractivity contribution in [3.05, 3.63) is 29.3 Å². The van der Waals surface area contributed by atoms with Crippen LogP contribution >= 0.6 is 5.69 Å². The zero-order valence-electron chi connectivity index (χ0n) is 19.3. The Morgan fingerprint density at radius 2 is 1.27 bits per heavy atom. The molecule has 0 saturated heterocycles. The van der Waals surface area contributed by atoms with Gasteiger partial charge in [-0.25, -0.2) is 0 Å². The fraction of sp³-hybridized carbons (Fsp3) is 0.750. The SMILES string of the molecule is CCCCCCCCCc1cccc(OP([O-])(=S)[S-])c1CCCCCCCCC.[Zn+2]. The van der Waals surface area contributed by atoms with Crippen molar-refractivity contribution >= 4 is 29.7 Å². The summed E-state index contributed by atoms with van der Waals surface area (Å²) in [5.41, 5.74) is -0.870. The van der Waals surface area contributed by atoms with Crippen molar-refractivity contribution in [1.29, 1.82) is 0 Å². The molecule has 0 amide bonds. The molecule has 168 valence electrons. The molecular formula is C24H41O2PS2Zn. The molecule has 6 heteroatoms. The van der Waals surface area contributed by atoms with Gasteiger partial charge in [0.25, 0.3) is 0 Å². The second-order valence-electron chi connectivity index (χ2n) is 8.17. The number of hydrogen-bond acceptors (Lipinski definition) is 4. The van der Waals surface area contributed by atoms with Gasteiger partial charge in [-0.05, 0) is 42.9 Å². The normalized spacial score (nSPS) is 12.9. The molecule has 1 unspecified atom stereocenters. The van der Waals surface area contributed by atoms with Crippen molar-refractivity contribution in [2.45, 2.75) is 117 Å². The first-order valence-electron chi connectivity index (χ1n) is 11.8. The van der Waals surface area contributed by atoms with E-state index in [1.165, 1.54) is 94.6 Å². The Hall–Kier alpha value is 0.603. The first-order valence-corrected chi connectivity index (χ1v) is 15.5. The molecule has 0 aliphatic heterocycles. The second kappa shape index (κ2) is 19.1. The second-order valence-corrected chi connectivity index (χ2v) is 12.8. The standard InChI is InChI=1S/C24H43O2PS2.Zn/c1-3-5-7-9-11-13-15-18-22-19-17-21-24(26-27(25,28)29)23(22)20-16-14-12-10-8-6-4-2;/h17,19,21H,3-16,18,20H2,1-2H3,(H2,25,28,29);/q;+2/p-2. The molecule has 0 aliphatic rings. The van der Waals surface area contributed by atoms with Crippen LogP contribution in [-0.2, 0) is 56.4 Å². The van der Waals surface area contributed by atoms with Crippen LogP contribution in [0.4, 0.5) is 0 Å². The molecule has 0 bridgehead atoms. The Morgan fingerprint density at radius 3 is 1.77 bits per heavy atom. The van der Waals surface area contributed by atoms with Crippen molar-refractivity contribution in [3.8, 4) is 5.75 Å². The maximum absolute atomic E-state index is 11.9. The molecule has 0 heterocycles. The van der Waals surface area contributed by atoms with Crippen LogP contribution in [0, 0.1) is 0 Å². The van der Waals surface area contributed by atoms with Gasteiger partial charge < -0.3 is 21.7 Å². The van der Waals surface area contributed by atoms with Crippen molar-refractivity contribution < 1.29 is 28.9 Å². The molecule has 0 aromatic heterocycles. The van der Waals surface area contributed by atoms with E-state index in [9.17, 15) is 4.89 Å². The molecule has 30 heavy (non-hydrogen) atoms. The van der Waals surface area contributed by atoms with Gasteiger partial charge in [0.05, 0.1) is 0 Å². The molecule has 1 aromatic rings. The summed E-state index contributed by atoms with van der Waals surface area (Å²) >= 11 is 9.74. The van der Waals surface area contributed by atoms with Gasteiger partial charge in [0, 0.05) is 0 Å². The predicted octanol–water partition coefficient (Wildman–Crippen LogP) is 7.78. The van der Waals surface area contributed by atoms with Crippen molar-refractivity contribution in [1.82, 2.24) is 0 Å². The van der Waals surface area contributed by atoms with E-state index in [1.54, 1.807) is 0 Å². The average molecular weight is 522 g/mol. The summed E-state index contributed by atoms with van der Waals surface area (Å²) in [6, 6.07) is 6.06. The number of unbranched alkanes of at least 4 members (excludes halogenated alkanes) is 12. The quantitative estimate of drug-likeness (QED) is 0.0854. The van der Waals surface area contributed by atoms with Gasteiger partial charge in [0.1, 0.15) is 5.75 Å². The first-order chi connectivity index (χ1) is 14.0. The van der Waals surface area contributed by atoms with Gasteiger partial charge in [-0.15, -0.1) is 0 Å². The summed E-state index contributed by atoms with van der Waals surface area (Å²) in [4.78, 5) is 11.9. The molecule has 0 radical (unpaired) electrons. The summed E-state index contributed by atoms with van der Waals surface area (Å²) < 4.78 is 5.54. The Balaban J connectivity index is 0.00000841. The van der Waals surface area contributed by atoms with Crippen LogP contribution in [0.25, 0.3) is 0 Å². The number of benzene rings is 1. The maximum atomic E-state index is 11.9. The van der Waals surface area contributed by atoms with Crippen LogP contribution < -0.4 is 9.42 Å². The summed E-state index contributed by atoms with van der Waals surface area (Å²) in [5, 5.41) is 0. The minimum absolute atomic E-state index is 0. The van der Waals surface area contributed by atoms with Gasteiger partial charge >= 0.3 is 19.5 Å². The van der Waals surface area contributed by atoms with Gasteiger partial charge in [-0.1, -0.05) is 121 Å². The fourth-order valence-electron chi connectivity index (χ4n) is 3.87. The van der Waals surface area contributed by atoms with Gasteiger partial charge in [-0.2, -0.15) is 0 Å². The Bertz CT molecular complexity index is 593.